The molecule has 0 aliphatic rings. The standard InChI is InChI=1S/C29H27ClN2O4/c1-35-27-16-20(9-12-25(27)29(34)31-14-13-19-7-10-22(30)11-8-19)15-26-24-6-4-3-5-23(24)21(18-32-26)17-28(33)36-2/h3-12,16,18H,13-15,17H2,1-2H3,(H,31,34). The van der Waals surface area contributed by atoms with Crippen LogP contribution in [0.2, 0.25) is 5.02 Å². The number of pyridine rings is 1. The fourth-order valence-corrected chi connectivity index (χ4v) is 4.24. The second kappa shape index (κ2) is 11.7. The summed E-state index contributed by atoms with van der Waals surface area (Å²) >= 11 is 5.93. The van der Waals surface area contributed by atoms with E-state index in [9.17, 15) is 9.59 Å². The van der Waals surface area contributed by atoms with Crippen LogP contribution in [0.15, 0.2) is 72.9 Å². The van der Waals surface area contributed by atoms with Crippen molar-refractivity contribution in [3.63, 3.8) is 0 Å². The first-order chi connectivity index (χ1) is 17.5. The molecule has 0 atom stereocenters. The minimum Gasteiger partial charge on any atom is -0.496 e. The molecule has 184 valence electrons. The van der Waals surface area contributed by atoms with Gasteiger partial charge in [0.1, 0.15) is 5.75 Å². The first-order valence-corrected chi connectivity index (χ1v) is 12.0. The average Bonchev–Trinajstić information content (AvgIpc) is 2.91. The molecule has 0 saturated heterocycles. The van der Waals surface area contributed by atoms with Gasteiger partial charge in [0, 0.05) is 29.6 Å². The van der Waals surface area contributed by atoms with Crippen LogP contribution in [-0.2, 0) is 28.8 Å². The fraction of sp³-hybridized carbons (Fsp3) is 0.207. The van der Waals surface area contributed by atoms with E-state index >= 15 is 0 Å². The topological polar surface area (TPSA) is 77.5 Å². The molecular weight excluding hydrogens is 476 g/mol. The lowest BCUT2D eigenvalue weighted by Gasteiger charge is -2.13. The number of fused-ring (bicyclic) bond motifs is 1. The third-order valence-electron chi connectivity index (χ3n) is 6.02. The Hall–Kier alpha value is -3.90. The minimum atomic E-state index is -0.304. The van der Waals surface area contributed by atoms with Crippen LogP contribution < -0.4 is 10.1 Å². The Kier molecular flexibility index (Phi) is 8.18. The number of hydrogen-bond donors (Lipinski definition) is 1. The number of nitrogens with one attached hydrogen (secondary N) is 1. The number of aromatic nitrogens is 1. The minimum absolute atomic E-state index is 0.167. The van der Waals surface area contributed by atoms with Crippen molar-refractivity contribution in [2.24, 2.45) is 0 Å². The van der Waals surface area contributed by atoms with Crippen molar-refractivity contribution in [3.05, 3.63) is 106 Å². The number of carbonyl (C=O) groups excluding carboxylic acids is 2. The lowest BCUT2D eigenvalue weighted by Crippen LogP contribution is -2.26. The summed E-state index contributed by atoms with van der Waals surface area (Å²) in [5, 5.41) is 5.59. The molecule has 0 bridgehead atoms. The molecular formula is C29H27ClN2O4. The molecule has 0 aliphatic heterocycles. The van der Waals surface area contributed by atoms with E-state index in [0.717, 1.165) is 33.2 Å². The highest BCUT2D eigenvalue weighted by atomic mass is 35.5. The third-order valence-corrected chi connectivity index (χ3v) is 6.27. The summed E-state index contributed by atoms with van der Waals surface area (Å²) in [6, 6.07) is 21.0. The molecule has 4 aromatic rings. The van der Waals surface area contributed by atoms with Crippen molar-refractivity contribution in [1.29, 1.82) is 0 Å². The third kappa shape index (κ3) is 6.01. The molecule has 0 radical (unpaired) electrons. The highest BCUT2D eigenvalue weighted by molar-refractivity contribution is 6.30. The molecule has 4 rings (SSSR count). The molecule has 1 N–H and O–H groups in total. The van der Waals surface area contributed by atoms with Crippen molar-refractivity contribution >= 4 is 34.2 Å². The van der Waals surface area contributed by atoms with Crippen LogP contribution in [0.3, 0.4) is 0 Å². The number of methoxy groups -OCH3 is 2. The largest absolute Gasteiger partial charge is 0.496 e. The molecule has 1 amide bonds. The Balaban J connectivity index is 1.49. The van der Waals surface area contributed by atoms with Gasteiger partial charge in [-0.2, -0.15) is 0 Å². The number of benzene rings is 3. The number of rotatable bonds is 9. The fourth-order valence-electron chi connectivity index (χ4n) is 4.11. The van der Waals surface area contributed by atoms with Crippen molar-refractivity contribution in [2.75, 3.05) is 20.8 Å². The van der Waals surface area contributed by atoms with Gasteiger partial charge in [0.2, 0.25) is 0 Å². The van der Waals surface area contributed by atoms with Gasteiger partial charge < -0.3 is 14.8 Å². The maximum Gasteiger partial charge on any atom is 0.310 e. The van der Waals surface area contributed by atoms with E-state index in [1.54, 1.807) is 19.4 Å². The Morgan fingerprint density at radius 1 is 0.944 bits per heavy atom. The number of halogens is 1. The maximum atomic E-state index is 12.8. The monoisotopic (exact) mass is 502 g/mol. The molecule has 0 fully saturated rings. The van der Waals surface area contributed by atoms with E-state index in [-0.39, 0.29) is 18.3 Å². The summed E-state index contributed by atoms with van der Waals surface area (Å²) in [5.74, 6) is 0.00711. The maximum absolute atomic E-state index is 12.8. The molecule has 0 aliphatic carbocycles. The normalized spacial score (nSPS) is 10.8. The molecule has 0 spiro atoms. The number of esters is 1. The van der Waals surface area contributed by atoms with E-state index in [1.165, 1.54) is 7.11 Å². The van der Waals surface area contributed by atoms with Gasteiger partial charge in [0.25, 0.3) is 5.91 Å². The molecule has 36 heavy (non-hydrogen) atoms. The highest BCUT2D eigenvalue weighted by Crippen LogP contribution is 2.26. The highest BCUT2D eigenvalue weighted by Gasteiger charge is 2.15. The smallest absolute Gasteiger partial charge is 0.310 e. The lowest BCUT2D eigenvalue weighted by molar-refractivity contribution is -0.139. The van der Waals surface area contributed by atoms with Gasteiger partial charge in [-0.05, 0) is 52.8 Å². The van der Waals surface area contributed by atoms with Crippen LogP contribution >= 0.6 is 11.6 Å². The molecule has 3 aromatic carbocycles. The van der Waals surface area contributed by atoms with Gasteiger partial charge in [-0.1, -0.05) is 54.1 Å². The second-order valence-corrected chi connectivity index (χ2v) is 8.81. The Labute approximate surface area is 215 Å². The predicted octanol–water partition coefficient (Wildman–Crippen LogP) is 5.18. The van der Waals surface area contributed by atoms with Crippen molar-refractivity contribution < 1.29 is 19.1 Å². The summed E-state index contributed by atoms with van der Waals surface area (Å²) in [5.41, 5.74) is 4.23. The molecule has 1 aromatic heterocycles. The predicted molar refractivity (Wildman–Crippen MR) is 141 cm³/mol. The second-order valence-electron chi connectivity index (χ2n) is 8.37. The van der Waals surface area contributed by atoms with Crippen LogP contribution in [0.25, 0.3) is 10.8 Å². The number of hydrogen-bond acceptors (Lipinski definition) is 5. The molecule has 0 saturated carbocycles. The Bertz CT molecular complexity index is 1390. The first-order valence-electron chi connectivity index (χ1n) is 11.6. The van der Waals surface area contributed by atoms with Crippen LogP contribution in [0, 0.1) is 0 Å². The number of carbonyl (C=O) groups is 2. The van der Waals surface area contributed by atoms with Gasteiger partial charge in [0.05, 0.1) is 31.9 Å². The van der Waals surface area contributed by atoms with Gasteiger partial charge in [0.15, 0.2) is 0 Å². The van der Waals surface area contributed by atoms with Crippen LogP contribution in [0.4, 0.5) is 0 Å². The Morgan fingerprint density at radius 2 is 1.67 bits per heavy atom. The van der Waals surface area contributed by atoms with Gasteiger partial charge >= 0.3 is 5.97 Å². The van der Waals surface area contributed by atoms with E-state index in [4.69, 9.17) is 21.1 Å². The van der Waals surface area contributed by atoms with Crippen molar-refractivity contribution in [3.8, 4) is 5.75 Å². The SMILES string of the molecule is COC(=O)Cc1cnc(Cc2ccc(C(=O)NCCc3ccc(Cl)cc3)c(OC)c2)c2ccccc12. The molecule has 0 unspecified atom stereocenters. The van der Waals surface area contributed by atoms with Crippen molar-refractivity contribution in [2.45, 2.75) is 19.3 Å². The zero-order chi connectivity index (χ0) is 25.5. The van der Waals surface area contributed by atoms with E-state index in [2.05, 4.69) is 10.3 Å². The summed E-state index contributed by atoms with van der Waals surface area (Å²) in [6.45, 7) is 0.499. The van der Waals surface area contributed by atoms with Crippen molar-refractivity contribution in [1.82, 2.24) is 10.3 Å². The van der Waals surface area contributed by atoms with Gasteiger partial charge in [-0.15, -0.1) is 0 Å². The Morgan fingerprint density at radius 3 is 2.39 bits per heavy atom. The average molecular weight is 503 g/mol. The van der Waals surface area contributed by atoms with E-state index < -0.39 is 0 Å². The number of amides is 1. The molecule has 1 heterocycles. The summed E-state index contributed by atoms with van der Waals surface area (Å²) in [6.07, 6.45) is 3.15. The quantitative estimate of drug-likeness (QED) is 0.319. The molecule has 6 nitrogen and oxygen atoms in total. The zero-order valence-corrected chi connectivity index (χ0v) is 21.0. The van der Waals surface area contributed by atoms with E-state index in [1.807, 2.05) is 60.7 Å². The lowest BCUT2D eigenvalue weighted by atomic mass is 9.98. The van der Waals surface area contributed by atoms with E-state index in [0.29, 0.717) is 35.7 Å². The summed E-state index contributed by atoms with van der Waals surface area (Å²) in [4.78, 5) is 29.2. The van der Waals surface area contributed by atoms with Gasteiger partial charge in [-0.3, -0.25) is 14.6 Å². The summed E-state index contributed by atoms with van der Waals surface area (Å²) in [7, 11) is 2.93. The first kappa shape index (κ1) is 25.2. The van der Waals surface area contributed by atoms with Crippen LogP contribution in [-0.4, -0.2) is 37.6 Å². The van der Waals surface area contributed by atoms with Crippen LogP contribution in [0.5, 0.6) is 5.75 Å². The molecule has 7 heteroatoms. The van der Waals surface area contributed by atoms with Crippen LogP contribution in [0.1, 0.15) is 32.7 Å². The number of ether oxygens (including phenoxy) is 2. The van der Waals surface area contributed by atoms with Gasteiger partial charge in [-0.25, -0.2) is 0 Å². The summed E-state index contributed by atoms with van der Waals surface area (Å²) < 4.78 is 10.4. The number of nitrogens with zero attached hydrogens (tertiary/aromatic N) is 1. The zero-order valence-electron chi connectivity index (χ0n) is 20.2.